The Hall–Kier alpha value is -2.35. The first-order chi connectivity index (χ1) is 15.0. The van der Waals surface area contributed by atoms with E-state index in [1.54, 1.807) is 6.20 Å². The Bertz CT molecular complexity index is 1410. The van der Waals surface area contributed by atoms with E-state index in [-0.39, 0.29) is 0 Å². The summed E-state index contributed by atoms with van der Waals surface area (Å²) in [6.45, 7) is 3.22. The number of fused-ring (bicyclic) bond motifs is 3. The Kier molecular flexibility index (Phi) is 5.50. The number of ether oxygens (including phenoxy) is 1. The van der Waals surface area contributed by atoms with Crippen molar-refractivity contribution in [3.8, 4) is 16.9 Å². The number of halogens is 3. The van der Waals surface area contributed by atoms with Gasteiger partial charge in [0.05, 0.1) is 33.9 Å². The molecule has 0 aliphatic rings. The molecule has 5 nitrogen and oxygen atoms in total. The highest BCUT2D eigenvalue weighted by atomic mass is 79.9. The van der Waals surface area contributed by atoms with E-state index in [0.29, 0.717) is 18.2 Å². The average molecular weight is 561 g/mol. The average Bonchev–Trinajstić information content (AvgIpc) is 3.32. The van der Waals surface area contributed by atoms with Crippen LogP contribution < -0.4 is 4.74 Å². The van der Waals surface area contributed by atoms with Crippen LogP contribution in [0.5, 0.6) is 5.75 Å². The van der Waals surface area contributed by atoms with Gasteiger partial charge >= 0.3 is 0 Å². The Morgan fingerprint density at radius 2 is 1.84 bits per heavy atom. The van der Waals surface area contributed by atoms with Gasteiger partial charge in [0.1, 0.15) is 17.0 Å². The van der Waals surface area contributed by atoms with Crippen molar-refractivity contribution in [2.45, 2.75) is 13.5 Å². The number of pyridine rings is 1. The molecule has 0 bridgehead atoms. The lowest BCUT2D eigenvalue weighted by molar-refractivity contribution is 0.291. The van der Waals surface area contributed by atoms with Crippen molar-refractivity contribution >= 4 is 65.3 Å². The van der Waals surface area contributed by atoms with Crippen molar-refractivity contribution in [2.24, 2.45) is 0 Å². The van der Waals surface area contributed by atoms with Crippen LogP contribution in [0.1, 0.15) is 5.69 Å². The topological polar surface area (TPSA) is 55.7 Å². The predicted molar refractivity (Wildman–Crippen MR) is 132 cm³/mol. The van der Waals surface area contributed by atoms with Crippen molar-refractivity contribution in [1.29, 1.82) is 0 Å². The summed E-state index contributed by atoms with van der Waals surface area (Å²) < 4.78 is 9.48. The van der Waals surface area contributed by atoms with Gasteiger partial charge in [0.15, 0.2) is 0 Å². The zero-order chi connectivity index (χ0) is 21.5. The van der Waals surface area contributed by atoms with Gasteiger partial charge in [0.2, 0.25) is 0 Å². The van der Waals surface area contributed by atoms with Gasteiger partial charge in [-0.2, -0.15) is 5.10 Å². The van der Waals surface area contributed by atoms with Gasteiger partial charge in [-0.15, -0.1) is 0 Å². The molecule has 5 aromatic rings. The van der Waals surface area contributed by atoms with E-state index in [2.05, 4.69) is 59.1 Å². The van der Waals surface area contributed by atoms with E-state index in [4.69, 9.17) is 16.3 Å². The largest absolute Gasteiger partial charge is 0.492 e. The summed E-state index contributed by atoms with van der Waals surface area (Å²) >= 11 is 13.4. The lowest BCUT2D eigenvalue weighted by Gasteiger charge is -2.09. The number of aromatic amines is 1. The molecular formula is C23H17Br2ClN4O. The van der Waals surface area contributed by atoms with E-state index < -0.39 is 0 Å². The second-order valence-corrected chi connectivity index (χ2v) is 9.41. The minimum atomic E-state index is 0.540. The fourth-order valence-electron chi connectivity index (χ4n) is 3.76. The van der Waals surface area contributed by atoms with Gasteiger partial charge in [-0.25, -0.2) is 4.98 Å². The van der Waals surface area contributed by atoms with Crippen molar-refractivity contribution < 1.29 is 4.74 Å². The standard InChI is InChI=1S/C23H17Br2ClN4O/c1-13-22-20(10-21(25)28-13)19-9-16(26)8-18(23(19)29-22)14-2-4-17(5-3-14)31-7-6-30-12-15(24)11-27-30/h2-5,8-12,29H,6-7H2,1H3. The SMILES string of the molecule is Cc1nc(Br)cc2c1[nH]c1c(-c3ccc(OCCn4cc(Br)cn4)cc3)cc(Cl)cc12. The summed E-state index contributed by atoms with van der Waals surface area (Å²) in [6, 6.07) is 14.1. The molecule has 0 fully saturated rings. The van der Waals surface area contributed by atoms with Gasteiger partial charge in [0.25, 0.3) is 0 Å². The Morgan fingerprint density at radius 3 is 2.58 bits per heavy atom. The molecular weight excluding hydrogens is 544 g/mol. The summed E-state index contributed by atoms with van der Waals surface area (Å²) in [7, 11) is 0. The van der Waals surface area contributed by atoms with Crippen LogP contribution in [0.15, 0.2) is 63.9 Å². The van der Waals surface area contributed by atoms with Crippen LogP contribution in [-0.4, -0.2) is 26.4 Å². The molecule has 0 amide bonds. The molecule has 0 saturated carbocycles. The molecule has 1 N–H and O–H groups in total. The fourth-order valence-corrected chi connectivity index (χ4v) is 4.80. The van der Waals surface area contributed by atoms with Crippen LogP contribution in [0.4, 0.5) is 0 Å². The Balaban J connectivity index is 1.45. The third kappa shape index (κ3) is 4.10. The van der Waals surface area contributed by atoms with Crippen molar-refractivity contribution in [2.75, 3.05) is 6.61 Å². The van der Waals surface area contributed by atoms with E-state index in [1.165, 1.54) is 0 Å². The van der Waals surface area contributed by atoms with Crippen LogP contribution in [0.25, 0.3) is 32.9 Å². The monoisotopic (exact) mass is 558 g/mol. The second-order valence-electron chi connectivity index (χ2n) is 7.25. The molecule has 0 atom stereocenters. The number of nitrogens with one attached hydrogen (secondary N) is 1. The second kappa shape index (κ2) is 8.30. The van der Waals surface area contributed by atoms with Crippen LogP contribution in [0, 0.1) is 6.92 Å². The van der Waals surface area contributed by atoms with Gasteiger partial charge in [-0.05, 0) is 74.7 Å². The highest BCUT2D eigenvalue weighted by Crippen LogP contribution is 2.37. The minimum Gasteiger partial charge on any atom is -0.492 e. The first kappa shape index (κ1) is 20.5. The van der Waals surface area contributed by atoms with E-state index in [9.17, 15) is 0 Å². The van der Waals surface area contributed by atoms with Gasteiger partial charge in [0, 0.05) is 27.6 Å². The molecule has 0 radical (unpaired) electrons. The molecule has 0 unspecified atom stereocenters. The smallest absolute Gasteiger partial charge is 0.119 e. The number of aromatic nitrogens is 4. The van der Waals surface area contributed by atoms with Crippen LogP contribution in [0.3, 0.4) is 0 Å². The van der Waals surface area contributed by atoms with Gasteiger partial charge in [-0.1, -0.05) is 23.7 Å². The first-order valence-corrected chi connectivity index (χ1v) is 11.6. The molecule has 5 rings (SSSR count). The molecule has 2 aromatic carbocycles. The number of aryl methyl sites for hydroxylation is 1. The maximum absolute atomic E-state index is 6.49. The molecule has 156 valence electrons. The summed E-state index contributed by atoms with van der Waals surface area (Å²) in [6.07, 6.45) is 3.69. The summed E-state index contributed by atoms with van der Waals surface area (Å²) in [5.74, 6) is 0.814. The number of benzene rings is 2. The number of rotatable bonds is 5. The quantitative estimate of drug-likeness (QED) is 0.232. The summed E-state index contributed by atoms with van der Waals surface area (Å²) in [4.78, 5) is 8.06. The number of hydrogen-bond donors (Lipinski definition) is 1. The maximum atomic E-state index is 6.49. The molecule has 3 aromatic heterocycles. The van der Waals surface area contributed by atoms with Crippen LogP contribution >= 0.6 is 43.5 Å². The lowest BCUT2D eigenvalue weighted by atomic mass is 10.0. The number of H-pyrrole nitrogens is 1. The number of nitrogens with zero attached hydrogens (tertiary/aromatic N) is 3. The third-order valence-corrected chi connectivity index (χ3v) is 6.20. The minimum absolute atomic E-state index is 0.540. The maximum Gasteiger partial charge on any atom is 0.119 e. The van der Waals surface area contributed by atoms with Crippen molar-refractivity contribution in [3.05, 3.63) is 74.7 Å². The molecule has 31 heavy (non-hydrogen) atoms. The van der Waals surface area contributed by atoms with Crippen molar-refractivity contribution in [3.63, 3.8) is 0 Å². The third-order valence-electron chi connectivity index (χ3n) is 5.17. The zero-order valence-corrected chi connectivity index (χ0v) is 20.4. The van der Waals surface area contributed by atoms with E-state index in [1.807, 2.05) is 48.1 Å². The van der Waals surface area contributed by atoms with Gasteiger partial charge < -0.3 is 9.72 Å². The van der Waals surface area contributed by atoms with Crippen molar-refractivity contribution in [1.82, 2.24) is 19.7 Å². The molecule has 0 aliphatic heterocycles. The molecule has 0 spiro atoms. The Labute approximate surface area is 200 Å². The normalized spacial score (nSPS) is 11.5. The van der Waals surface area contributed by atoms with Crippen LogP contribution in [0.2, 0.25) is 5.02 Å². The first-order valence-electron chi connectivity index (χ1n) is 9.67. The summed E-state index contributed by atoms with van der Waals surface area (Å²) in [5.41, 5.74) is 5.11. The highest BCUT2D eigenvalue weighted by molar-refractivity contribution is 9.10. The van der Waals surface area contributed by atoms with E-state index >= 15 is 0 Å². The predicted octanol–water partition coefficient (Wildman–Crippen LogP) is 7.15. The fraction of sp³-hybridized carbons (Fsp3) is 0.130. The molecule has 8 heteroatoms. The van der Waals surface area contributed by atoms with Crippen LogP contribution in [-0.2, 0) is 6.54 Å². The number of hydrogen-bond acceptors (Lipinski definition) is 3. The lowest BCUT2D eigenvalue weighted by Crippen LogP contribution is -2.08. The highest BCUT2D eigenvalue weighted by Gasteiger charge is 2.14. The molecule has 3 heterocycles. The van der Waals surface area contributed by atoms with E-state index in [0.717, 1.165) is 53.5 Å². The zero-order valence-electron chi connectivity index (χ0n) is 16.5. The Morgan fingerprint density at radius 1 is 1.06 bits per heavy atom. The summed E-state index contributed by atoms with van der Waals surface area (Å²) in [5, 5.41) is 7.11. The molecule has 0 aliphatic carbocycles. The van der Waals surface area contributed by atoms with Gasteiger partial charge in [-0.3, -0.25) is 4.68 Å². The molecule has 0 saturated heterocycles.